The van der Waals surface area contributed by atoms with Crippen molar-refractivity contribution in [1.29, 1.82) is 0 Å². The smallest absolute Gasteiger partial charge is 0.227 e. The number of benzene rings is 1. The predicted octanol–water partition coefficient (Wildman–Crippen LogP) is 1.27. The minimum atomic E-state index is 0.131. The van der Waals surface area contributed by atoms with Crippen molar-refractivity contribution < 1.29 is 14.3 Å². The third kappa shape index (κ3) is 7.36. The highest BCUT2D eigenvalue weighted by molar-refractivity contribution is 6.30. The molecule has 1 saturated heterocycles. The SMILES string of the molecule is CN=C(NCCOCCOC)N1CCN(C(=O)Cc2cccc(Cl)c2)CC1. The lowest BCUT2D eigenvalue weighted by Gasteiger charge is -2.36. The van der Waals surface area contributed by atoms with Gasteiger partial charge < -0.3 is 24.6 Å². The maximum atomic E-state index is 12.5. The van der Waals surface area contributed by atoms with Crippen LogP contribution in [-0.2, 0) is 20.7 Å². The zero-order chi connectivity index (χ0) is 19.5. The van der Waals surface area contributed by atoms with Crippen LogP contribution >= 0.6 is 11.6 Å². The van der Waals surface area contributed by atoms with E-state index in [9.17, 15) is 4.79 Å². The molecule has 1 heterocycles. The van der Waals surface area contributed by atoms with Crippen LogP contribution in [-0.4, -0.2) is 88.4 Å². The van der Waals surface area contributed by atoms with Crippen LogP contribution in [0, 0.1) is 0 Å². The number of hydrogen-bond donors (Lipinski definition) is 1. The highest BCUT2D eigenvalue weighted by Crippen LogP contribution is 2.13. The van der Waals surface area contributed by atoms with E-state index in [1.165, 1.54) is 0 Å². The molecule has 7 nitrogen and oxygen atoms in total. The Balaban J connectivity index is 1.72. The topological polar surface area (TPSA) is 66.4 Å². The van der Waals surface area contributed by atoms with E-state index < -0.39 is 0 Å². The Labute approximate surface area is 166 Å². The number of nitrogens with one attached hydrogen (secondary N) is 1. The molecule has 0 saturated carbocycles. The Hall–Kier alpha value is -1.83. The summed E-state index contributed by atoms with van der Waals surface area (Å²) >= 11 is 5.99. The summed E-state index contributed by atoms with van der Waals surface area (Å²) in [7, 11) is 3.42. The van der Waals surface area contributed by atoms with Gasteiger partial charge in [-0.25, -0.2) is 0 Å². The molecular formula is C19H29ClN4O3. The molecule has 1 amide bonds. The predicted molar refractivity (Wildman–Crippen MR) is 107 cm³/mol. The van der Waals surface area contributed by atoms with E-state index in [1.807, 2.05) is 29.2 Å². The number of ether oxygens (including phenoxy) is 2. The fourth-order valence-electron chi connectivity index (χ4n) is 2.91. The van der Waals surface area contributed by atoms with E-state index in [4.69, 9.17) is 21.1 Å². The zero-order valence-corrected chi connectivity index (χ0v) is 16.9. The lowest BCUT2D eigenvalue weighted by atomic mass is 10.1. The molecule has 1 aliphatic rings. The Kier molecular flexibility index (Phi) is 9.38. The molecule has 1 N–H and O–H groups in total. The average molecular weight is 397 g/mol. The lowest BCUT2D eigenvalue weighted by molar-refractivity contribution is -0.131. The minimum absolute atomic E-state index is 0.131. The van der Waals surface area contributed by atoms with Crippen LogP contribution in [0.3, 0.4) is 0 Å². The highest BCUT2D eigenvalue weighted by atomic mass is 35.5. The Morgan fingerprint density at radius 1 is 1.19 bits per heavy atom. The van der Waals surface area contributed by atoms with Gasteiger partial charge in [0.1, 0.15) is 0 Å². The van der Waals surface area contributed by atoms with Crippen LogP contribution in [0.5, 0.6) is 0 Å². The monoisotopic (exact) mass is 396 g/mol. The van der Waals surface area contributed by atoms with E-state index in [2.05, 4.69) is 15.2 Å². The van der Waals surface area contributed by atoms with Gasteiger partial charge in [-0.1, -0.05) is 23.7 Å². The van der Waals surface area contributed by atoms with Crippen molar-refractivity contribution in [2.24, 2.45) is 4.99 Å². The second-order valence-electron chi connectivity index (χ2n) is 6.25. The standard InChI is InChI=1S/C19H29ClN4O3/c1-21-19(22-6-11-27-13-12-26-2)24-9-7-23(8-10-24)18(25)15-16-4-3-5-17(20)14-16/h3-5,14H,6-13,15H2,1-2H3,(H,21,22). The highest BCUT2D eigenvalue weighted by Gasteiger charge is 2.23. The summed E-state index contributed by atoms with van der Waals surface area (Å²) in [6, 6.07) is 7.46. The molecule has 0 radical (unpaired) electrons. The zero-order valence-electron chi connectivity index (χ0n) is 16.1. The average Bonchev–Trinajstić information content (AvgIpc) is 2.68. The van der Waals surface area contributed by atoms with Crippen LogP contribution in [0.25, 0.3) is 0 Å². The minimum Gasteiger partial charge on any atom is -0.382 e. The third-order valence-electron chi connectivity index (χ3n) is 4.35. The van der Waals surface area contributed by atoms with Gasteiger partial charge in [0.15, 0.2) is 5.96 Å². The van der Waals surface area contributed by atoms with Gasteiger partial charge >= 0.3 is 0 Å². The maximum absolute atomic E-state index is 12.5. The van der Waals surface area contributed by atoms with Gasteiger partial charge in [-0.05, 0) is 17.7 Å². The molecule has 0 bridgehead atoms. The number of guanidine groups is 1. The van der Waals surface area contributed by atoms with Gasteiger partial charge in [-0.2, -0.15) is 0 Å². The van der Waals surface area contributed by atoms with Crippen LogP contribution in [0.1, 0.15) is 5.56 Å². The molecule has 1 aromatic carbocycles. The Morgan fingerprint density at radius 2 is 1.93 bits per heavy atom. The van der Waals surface area contributed by atoms with Gasteiger partial charge in [0.25, 0.3) is 0 Å². The van der Waals surface area contributed by atoms with Crippen LogP contribution in [0.15, 0.2) is 29.3 Å². The van der Waals surface area contributed by atoms with Crippen molar-refractivity contribution >= 4 is 23.5 Å². The van der Waals surface area contributed by atoms with Crippen LogP contribution < -0.4 is 5.32 Å². The van der Waals surface area contributed by atoms with Gasteiger partial charge in [-0.15, -0.1) is 0 Å². The molecule has 1 aromatic rings. The summed E-state index contributed by atoms with van der Waals surface area (Å²) in [5.41, 5.74) is 0.945. The number of piperazine rings is 1. The number of aliphatic imine (C=N–C) groups is 1. The first-order valence-corrected chi connectivity index (χ1v) is 9.56. The number of halogens is 1. The molecule has 0 aliphatic carbocycles. The molecule has 0 spiro atoms. The maximum Gasteiger partial charge on any atom is 0.227 e. The summed E-state index contributed by atoms with van der Waals surface area (Å²) in [6.07, 6.45) is 0.381. The quantitative estimate of drug-likeness (QED) is 0.407. The molecule has 0 atom stereocenters. The number of carbonyl (C=O) groups is 1. The van der Waals surface area contributed by atoms with Crippen molar-refractivity contribution in [2.75, 3.05) is 66.7 Å². The van der Waals surface area contributed by atoms with Crippen LogP contribution in [0.4, 0.5) is 0 Å². The Bertz CT molecular complexity index is 619. The molecule has 27 heavy (non-hydrogen) atoms. The van der Waals surface area contributed by atoms with Gasteiger partial charge in [0.2, 0.25) is 5.91 Å². The largest absolute Gasteiger partial charge is 0.382 e. The van der Waals surface area contributed by atoms with Gasteiger partial charge in [0, 0.05) is 51.9 Å². The number of rotatable bonds is 8. The lowest BCUT2D eigenvalue weighted by Crippen LogP contribution is -2.54. The van der Waals surface area contributed by atoms with E-state index in [-0.39, 0.29) is 5.91 Å². The second kappa shape index (κ2) is 11.8. The first-order chi connectivity index (χ1) is 13.1. The molecular weight excluding hydrogens is 368 g/mol. The van der Waals surface area contributed by atoms with Gasteiger partial charge in [-0.3, -0.25) is 9.79 Å². The summed E-state index contributed by atoms with van der Waals surface area (Å²) in [5, 5.41) is 3.96. The molecule has 2 rings (SSSR count). The van der Waals surface area contributed by atoms with E-state index in [0.29, 0.717) is 50.9 Å². The summed E-state index contributed by atoms with van der Waals surface area (Å²) < 4.78 is 10.4. The van der Waals surface area contributed by atoms with E-state index in [0.717, 1.165) is 24.6 Å². The summed E-state index contributed by atoms with van der Waals surface area (Å²) in [4.78, 5) is 20.9. The number of carbonyl (C=O) groups excluding carboxylic acids is 1. The molecule has 8 heteroatoms. The van der Waals surface area contributed by atoms with E-state index in [1.54, 1.807) is 14.2 Å². The van der Waals surface area contributed by atoms with Crippen LogP contribution in [0.2, 0.25) is 5.02 Å². The molecule has 1 aliphatic heterocycles. The van der Waals surface area contributed by atoms with Crippen molar-refractivity contribution in [2.45, 2.75) is 6.42 Å². The number of amides is 1. The van der Waals surface area contributed by atoms with Crippen molar-refractivity contribution in [3.63, 3.8) is 0 Å². The molecule has 0 aromatic heterocycles. The molecule has 150 valence electrons. The third-order valence-corrected chi connectivity index (χ3v) is 4.58. The molecule has 0 unspecified atom stereocenters. The first-order valence-electron chi connectivity index (χ1n) is 9.18. The fraction of sp³-hybridized carbons (Fsp3) is 0.579. The first kappa shape index (κ1) is 21.5. The summed E-state index contributed by atoms with van der Waals surface area (Å²) in [6.45, 7) is 5.35. The Morgan fingerprint density at radius 3 is 2.59 bits per heavy atom. The normalized spacial score (nSPS) is 15.1. The fourth-order valence-corrected chi connectivity index (χ4v) is 3.13. The van der Waals surface area contributed by atoms with E-state index >= 15 is 0 Å². The number of methoxy groups -OCH3 is 1. The van der Waals surface area contributed by atoms with Crippen molar-refractivity contribution in [3.05, 3.63) is 34.9 Å². The summed E-state index contributed by atoms with van der Waals surface area (Å²) in [5.74, 6) is 0.971. The van der Waals surface area contributed by atoms with Crippen molar-refractivity contribution in [1.82, 2.24) is 15.1 Å². The number of hydrogen-bond acceptors (Lipinski definition) is 4. The number of nitrogens with zero attached hydrogens (tertiary/aromatic N) is 3. The second-order valence-corrected chi connectivity index (χ2v) is 6.69. The molecule has 1 fully saturated rings. The van der Waals surface area contributed by atoms with Gasteiger partial charge in [0.05, 0.1) is 26.2 Å². The van der Waals surface area contributed by atoms with Crippen molar-refractivity contribution in [3.8, 4) is 0 Å².